The Kier molecular flexibility index (Phi) is 1.59. The molecule has 1 heterocycles. The van der Waals surface area contributed by atoms with Crippen LogP contribution in [0.4, 0.5) is 0 Å². The highest BCUT2D eigenvalue weighted by atomic mass is 16.4. The van der Waals surface area contributed by atoms with Gasteiger partial charge in [0.15, 0.2) is 5.76 Å². The van der Waals surface area contributed by atoms with Gasteiger partial charge in [-0.1, -0.05) is 18.2 Å². The van der Waals surface area contributed by atoms with Crippen LogP contribution in [0, 0.1) is 6.92 Å². The molecule has 13 heavy (non-hydrogen) atoms. The summed E-state index contributed by atoms with van der Waals surface area (Å²) in [5, 5.41) is 11.3. The number of carbonyl (C=O) groups excluding carboxylic acids is 1. The third kappa shape index (κ3) is 1.18. The molecule has 0 bridgehead atoms. The molecule has 0 saturated heterocycles. The third-order valence-corrected chi connectivity index (χ3v) is 1.94. The van der Waals surface area contributed by atoms with Gasteiger partial charge in [-0.15, -0.1) is 0 Å². The van der Waals surface area contributed by atoms with E-state index in [1.165, 1.54) is 6.07 Å². The molecule has 0 saturated carbocycles. The summed E-state index contributed by atoms with van der Waals surface area (Å²) in [5.74, 6) is -1.40. The Balaban J connectivity index is 2.75. The highest BCUT2D eigenvalue weighted by Crippen LogP contribution is 2.21. The van der Waals surface area contributed by atoms with Crippen molar-refractivity contribution in [2.24, 2.45) is 0 Å². The molecule has 0 amide bonds. The number of carboxylic acid groups (broad SMARTS) is 1. The zero-order valence-electron chi connectivity index (χ0n) is 7.03. The maximum atomic E-state index is 10.5. The molecule has 0 radical (unpaired) electrons. The zero-order chi connectivity index (χ0) is 9.42. The van der Waals surface area contributed by atoms with Crippen LogP contribution < -0.4 is 5.11 Å². The topological polar surface area (TPSA) is 53.3 Å². The van der Waals surface area contributed by atoms with Crippen LogP contribution >= 0.6 is 0 Å². The molecular formula is C10H7O3-. The monoisotopic (exact) mass is 175 g/mol. The van der Waals surface area contributed by atoms with Crippen molar-refractivity contribution < 1.29 is 14.3 Å². The Morgan fingerprint density at radius 3 is 2.85 bits per heavy atom. The molecule has 0 atom stereocenters. The van der Waals surface area contributed by atoms with E-state index in [2.05, 4.69) is 0 Å². The van der Waals surface area contributed by atoms with Crippen LogP contribution in [0.15, 0.2) is 28.7 Å². The summed E-state index contributed by atoms with van der Waals surface area (Å²) in [6.07, 6.45) is 0. The minimum atomic E-state index is -1.28. The van der Waals surface area contributed by atoms with Crippen LogP contribution in [0.5, 0.6) is 0 Å². The van der Waals surface area contributed by atoms with Crippen molar-refractivity contribution in [3.63, 3.8) is 0 Å². The molecule has 1 aromatic carbocycles. The Morgan fingerprint density at radius 1 is 1.46 bits per heavy atom. The van der Waals surface area contributed by atoms with Gasteiger partial charge < -0.3 is 14.3 Å². The van der Waals surface area contributed by atoms with Gasteiger partial charge in [0, 0.05) is 5.39 Å². The summed E-state index contributed by atoms with van der Waals surface area (Å²) in [6.45, 7) is 1.87. The van der Waals surface area contributed by atoms with Crippen molar-refractivity contribution in [2.45, 2.75) is 6.92 Å². The third-order valence-electron chi connectivity index (χ3n) is 1.94. The average Bonchev–Trinajstić information content (AvgIpc) is 2.49. The SMILES string of the molecule is Cc1cccc2cc(C(=O)[O-])oc12. The number of carbonyl (C=O) groups is 1. The lowest BCUT2D eigenvalue weighted by atomic mass is 10.2. The van der Waals surface area contributed by atoms with Crippen LogP contribution in [0.3, 0.4) is 0 Å². The van der Waals surface area contributed by atoms with Crippen LogP contribution in [0.25, 0.3) is 11.0 Å². The smallest absolute Gasteiger partial charge is 0.150 e. The van der Waals surface area contributed by atoms with E-state index in [0.717, 1.165) is 10.9 Å². The number of aryl methyl sites for hydroxylation is 1. The van der Waals surface area contributed by atoms with Crippen molar-refractivity contribution in [3.8, 4) is 0 Å². The number of hydrogen-bond donors (Lipinski definition) is 0. The molecule has 1 aromatic heterocycles. The molecule has 0 unspecified atom stereocenters. The highest BCUT2D eigenvalue weighted by Gasteiger charge is 2.05. The normalized spacial score (nSPS) is 10.5. The largest absolute Gasteiger partial charge is 0.542 e. The number of fused-ring (bicyclic) bond motifs is 1. The second-order valence-electron chi connectivity index (χ2n) is 2.89. The van der Waals surface area contributed by atoms with E-state index in [9.17, 15) is 9.90 Å². The van der Waals surface area contributed by atoms with Crippen molar-refractivity contribution in [1.29, 1.82) is 0 Å². The number of aromatic carboxylic acids is 1. The van der Waals surface area contributed by atoms with Crippen LogP contribution in [-0.4, -0.2) is 5.97 Å². The van der Waals surface area contributed by atoms with Crippen molar-refractivity contribution in [1.82, 2.24) is 0 Å². The van der Waals surface area contributed by atoms with E-state index in [4.69, 9.17) is 4.42 Å². The minimum absolute atomic E-state index is 0.121. The first-order chi connectivity index (χ1) is 6.18. The summed E-state index contributed by atoms with van der Waals surface area (Å²) in [6, 6.07) is 6.99. The molecule has 0 aliphatic heterocycles. The number of hydrogen-bond acceptors (Lipinski definition) is 3. The fraction of sp³-hybridized carbons (Fsp3) is 0.100. The molecule has 2 rings (SSSR count). The molecule has 0 N–H and O–H groups in total. The second kappa shape index (κ2) is 2.62. The number of rotatable bonds is 1. The molecular weight excluding hydrogens is 168 g/mol. The second-order valence-corrected chi connectivity index (χ2v) is 2.89. The predicted octanol–water partition coefficient (Wildman–Crippen LogP) is 1.10. The molecule has 2 aromatic rings. The van der Waals surface area contributed by atoms with Gasteiger partial charge >= 0.3 is 0 Å². The first-order valence-corrected chi connectivity index (χ1v) is 3.89. The van der Waals surface area contributed by atoms with Gasteiger partial charge in [0.1, 0.15) is 11.6 Å². The first kappa shape index (κ1) is 7.86. The maximum Gasteiger partial charge on any atom is 0.150 e. The molecule has 0 spiro atoms. The van der Waals surface area contributed by atoms with Gasteiger partial charge in [-0.3, -0.25) is 0 Å². The highest BCUT2D eigenvalue weighted by molar-refractivity contribution is 5.91. The van der Waals surface area contributed by atoms with Crippen LogP contribution in [-0.2, 0) is 0 Å². The van der Waals surface area contributed by atoms with Gasteiger partial charge in [0.25, 0.3) is 0 Å². The Hall–Kier alpha value is -1.77. The maximum absolute atomic E-state index is 10.5. The summed E-state index contributed by atoms with van der Waals surface area (Å²) in [5.41, 5.74) is 1.53. The van der Waals surface area contributed by atoms with Crippen LogP contribution in [0.1, 0.15) is 16.1 Å². The lowest BCUT2D eigenvalue weighted by Gasteiger charge is -1.94. The Labute approximate surface area is 74.6 Å². The molecule has 3 nitrogen and oxygen atoms in total. The van der Waals surface area contributed by atoms with Gasteiger partial charge in [0.05, 0.1) is 0 Å². The van der Waals surface area contributed by atoms with E-state index < -0.39 is 5.97 Å². The quantitative estimate of drug-likeness (QED) is 0.652. The van der Waals surface area contributed by atoms with E-state index in [0.29, 0.717) is 5.58 Å². The molecule has 3 heteroatoms. The Bertz CT molecular complexity index is 468. The lowest BCUT2D eigenvalue weighted by molar-refractivity contribution is -0.256. The first-order valence-electron chi connectivity index (χ1n) is 3.89. The summed E-state index contributed by atoms with van der Waals surface area (Å²) in [7, 11) is 0. The van der Waals surface area contributed by atoms with Gasteiger partial charge in [-0.05, 0) is 18.6 Å². The standard InChI is InChI=1S/C10H8O3/c1-6-3-2-4-7-5-8(10(11)12)13-9(6)7/h2-5H,1H3,(H,11,12)/p-1. The van der Waals surface area contributed by atoms with Gasteiger partial charge in [0.2, 0.25) is 0 Å². The van der Waals surface area contributed by atoms with Crippen molar-refractivity contribution in [2.75, 3.05) is 0 Å². The molecule has 0 aliphatic carbocycles. The number of benzene rings is 1. The lowest BCUT2D eigenvalue weighted by Crippen LogP contribution is -2.21. The summed E-state index contributed by atoms with van der Waals surface area (Å²) in [4.78, 5) is 10.5. The number of furan rings is 1. The Morgan fingerprint density at radius 2 is 2.23 bits per heavy atom. The fourth-order valence-electron chi connectivity index (χ4n) is 1.31. The minimum Gasteiger partial charge on any atom is -0.542 e. The number of para-hydroxylation sites is 1. The predicted molar refractivity (Wildman–Crippen MR) is 45.3 cm³/mol. The average molecular weight is 175 g/mol. The summed E-state index contributed by atoms with van der Waals surface area (Å²) < 4.78 is 5.10. The van der Waals surface area contributed by atoms with Crippen molar-refractivity contribution in [3.05, 3.63) is 35.6 Å². The van der Waals surface area contributed by atoms with E-state index in [1.807, 2.05) is 19.1 Å². The van der Waals surface area contributed by atoms with Gasteiger partial charge in [-0.2, -0.15) is 0 Å². The van der Waals surface area contributed by atoms with E-state index in [1.54, 1.807) is 6.07 Å². The zero-order valence-corrected chi connectivity index (χ0v) is 7.03. The summed E-state index contributed by atoms with van der Waals surface area (Å²) >= 11 is 0. The van der Waals surface area contributed by atoms with E-state index in [-0.39, 0.29) is 5.76 Å². The molecule has 0 aliphatic rings. The van der Waals surface area contributed by atoms with Gasteiger partial charge in [-0.25, -0.2) is 0 Å². The van der Waals surface area contributed by atoms with Crippen molar-refractivity contribution >= 4 is 16.9 Å². The fourth-order valence-corrected chi connectivity index (χ4v) is 1.31. The number of carboxylic acids is 1. The molecule has 66 valence electrons. The van der Waals surface area contributed by atoms with Crippen LogP contribution in [0.2, 0.25) is 0 Å². The van der Waals surface area contributed by atoms with E-state index >= 15 is 0 Å². The molecule has 0 fully saturated rings.